The summed E-state index contributed by atoms with van der Waals surface area (Å²) in [5.41, 5.74) is 0. The van der Waals surface area contributed by atoms with Crippen molar-refractivity contribution >= 4 is 11.9 Å². The van der Waals surface area contributed by atoms with Crippen LogP contribution in [-0.2, 0) is 23.8 Å². The number of amides is 1. The van der Waals surface area contributed by atoms with Crippen LogP contribution in [0.2, 0.25) is 0 Å². The number of rotatable bonds is 53. The topological polar surface area (TPSA) is 175 Å². The van der Waals surface area contributed by atoms with E-state index in [1.807, 2.05) is 18.2 Å². The molecule has 1 heterocycles. The third kappa shape index (κ3) is 40.5. The number of aliphatic hydroxyl groups is 5. The van der Waals surface area contributed by atoms with E-state index in [-0.39, 0.29) is 19.4 Å². The van der Waals surface area contributed by atoms with Crippen molar-refractivity contribution in [2.45, 2.75) is 333 Å². The highest BCUT2D eigenvalue weighted by atomic mass is 16.7. The van der Waals surface area contributed by atoms with Crippen LogP contribution in [-0.4, -0.2) is 99.6 Å². The molecule has 11 nitrogen and oxygen atoms in total. The van der Waals surface area contributed by atoms with E-state index in [0.29, 0.717) is 12.8 Å². The molecule has 75 heavy (non-hydrogen) atoms. The first-order valence-corrected chi connectivity index (χ1v) is 31.4. The molecule has 0 aromatic rings. The van der Waals surface area contributed by atoms with Gasteiger partial charge in [-0.05, 0) is 44.9 Å². The summed E-state index contributed by atoms with van der Waals surface area (Å²) in [6.45, 7) is 5.66. The molecule has 0 aliphatic carbocycles. The Morgan fingerprint density at radius 3 is 1.43 bits per heavy atom. The average Bonchev–Trinajstić information content (AvgIpc) is 3.41. The summed E-state index contributed by atoms with van der Waals surface area (Å²) in [5, 5.41) is 56.9. The van der Waals surface area contributed by atoms with Crippen molar-refractivity contribution in [2.75, 3.05) is 13.2 Å². The number of carbonyl (C=O) groups excluding carboxylic acids is 2. The van der Waals surface area contributed by atoms with Crippen LogP contribution < -0.4 is 5.32 Å². The zero-order valence-electron chi connectivity index (χ0n) is 48.4. The fourth-order valence-corrected chi connectivity index (χ4v) is 9.83. The van der Waals surface area contributed by atoms with Crippen molar-refractivity contribution in [3.8, 4) is 0 Å². The van der Waals surface area contributed by atoms with Gasteiger partial charge in [-0.15, -0.1) is 0 Å². The van der Waals surface area contributed by atoms with Gasteiger partial charge in [0.25, 0.3) is 0 Å². The first-order chi connectivity index (χ1) is 36.7. The Hall–Kier alpha value is -2.38. The monoisotopic (exact) mass is 1060 g/mol. The number of nitrogens with one attached hydrogen (secondary N) is 1. The Kier molecular flexibility index (Phi) is 49.3. The maximum absolute atomic E-state index is 13.4. The van der Waals surface area contributed by atoms with Gasteiger partial charge in [0.2, 0.25) is 5.91 Å². The molecule has 6 N–H and O–H groups in total. The summed E-state index contributed by atoms with van der Waals surface area (Å²) in [5.74, 6) is -1.20. The largest absolute Gasteiger partial charge is 0.454 e. The average molecular weight is 1060 g/mol. The van der Waals surface area contributed by atoms with E-state index in [2.05, 4.69) is 50.4 Å². The predicted molar refractivity (Wildman–Crippen MR) is 310 cm³/mol. The number of aliphatic hydroxyl groups excluding tert-OH is 5. The fourth-order valence-electron chi connectivity index (χ4n) is 9.83. The van der Waals surface area contributed by atoms with Crippen molar-refractivity contribution in [3.63, 3.8) is 0 Å². The molecular formula is C64H117NO10. The highest BCUT2D eigenvalue weighted by Crippen LogP contribution is 2.26. The smallest absolute Gasteiger partial charge is 0.306 e. The van der Waals surface area contributed by atoms with Gasteiger partial charge in [0, 0.05) is 6.42 Å². The highest BCUT2D eigenvalue weighted by molar-refractivity contribution is 5.80. The first-order valence-electron chi connectivity index (χ1n) is 31.4. The normalized spacial score (nSPS) is 19.5. The van der Waals surface area contributed by atoms with E-state index >= 15 is 0 Å². The minimum atomic E-state index is -1.61. The second-order valence-corrected chi connectivity index (χ2v) is 21.8. The summed E-state index contributed by atoms with van der Waals surface area (Å²) < 4.78 is 17.6. The summed E-state index contributed by atoms with van der Waals surface area (Å²) in [4.78, 5) is 26.5. The molecule has 1 amide bonds. The lowest BCUT2D eigenvalue weighted by molar-refractivity contribution is -0.305. The number of hydrogen-bond acceptors (Lipinski definition) is 10. The van der Waals surface area contributed by atoms with Crippen molar-refractivity contribution in [2.24, 2.45) is 0 Å². The Balaban J connectivity index is 2.62. The number of allylic oxidation sites excluding steroid dienone is 7. The Morgan fingerprint density at radius 2 is 0.960 bits per heavy atom. The first kappa shape index (κ1) is 70.6. The summed E-state index contributed by atoms with van der Waals surface area (Å²) in [6.07, 6.45) is 53.0. The number of hydrogen-bond donors (Lipinski definition) is 6. The second kappa shape index (κ2) is 52.3. The maximum Gasteiger partial charge on any atom is 0.306 e. The molecule has 1 saturated heterocycles. The Morgan fingerprint density at radius 1 is 0.533 bits per heavy atom. The van der Waals surface area contributed by atoms with Gasteiger partial charge in [0.05, 0.1) is 25.4 Å². The SMILES string of the molecule is CC/C=C/C=C/C=C/CCCCCCCCC(O)C(=O)NC(COC1OC(CO)C(O)C(O)C1OC(=O)CCCCCCCCCCCCCCCCCCCCCCC)C(O)/C=C/CCCCCCCCCCC. The highest BCUT2D eigenvalue weighted by Gasteiger charge is 2.47. The molecule has 438 valence electrons. The fraction of sp³-hybridized carbons (Fsp3) is 0.844. The van der Waals surface area contributed by atoms with Gasteiger partial charge < -0.3 is 45.1 Å². The zero-order valence-corrected chi connectivity index (χ0v) is 48.4. The quantitative estimate of drug-likeness (QED) is 0.0149. The van der Waals surface area contributed by atoms with Gasteiger partial charge in [0.15, 0.2) is 12.4 Å². The number of unbranched alkanes of at least 4 members (excludes halogenated alkanes) is 35. The van der Waals surface area contributed by atoms with E-state index in [1.54, 1.807) is 6.08 Å². The van der Waals surface area contributed by atoms with Crippen LogP contribution in [0.25, 0.3) is 0 Å². The van der Waals surface area contributed by atoms with Crippen molar-refractivity contribution < 1.29 is 49.3 Å². The van der Waals surface area contributed by atoms with E-state index in [1.165, 1.54) is 154 Å². The van der Waals surface area contributed by atoms with Gasteiger partial charge in [-0.25, -0.2) is 0 Å². The van der Waals surface area contributed by atoms with E-state index in [0.717, 1.165) is 83.5 Å². The molecule has 1 aliphatic rings. The minimum absolute atomic E-state index is 0.126. The number of carbonyl (C=O) groups is 2. The van der Waals surface area contributed by atoms with Crippen molar-refractivity contribution in [1.82, 2.24) is 5.32 Å². The molecule has 0 bridgehead atoms. The molecule has 1 aliphatic heterocycles. The Bertz CT molecular complexity index is 1400. The van der Waals surface area contributed by atoms with Gasteiger partial charge >= 0.3 is 5.97 Å². The molecule has 1 rings (SSSR count). The molecule has 0 radical (unpaired) electrons. The molecule has 0 spiro atoms. The molecule has 11 heteroatoms. The summed E-state index contributed by atoms with van der Waals surface area (Å²) in [6, 6.07) is -1.03. The third-order valence-electron chi connectivity index (χ3n) is 14.8. The molecule has 0 aromatic heterocycles. The Labute approximate surface area is 459 Å². The molecule has 0 saturated carbocycles. The van der Waals surface area contributed by atoms with Gasteiger partial charge in [-0.2, -0.15) is 0 Å². The van der Waals surface area contributed by atoms with Crippen LogP contribution in [0, 0.1) is 0 Å². The van der Waals surface area contributed by atoms with Gasteiger partial charge in [-0.3, -0.25) is 9.59 Å². The standard InChI is InChI=1S/C64H117NO10/c1-4-7-10-13-16-19-22-24-26-27-28-29-30-31-32-34-37-40-43-46-49-52-59(69)75-62-61(71)60(70)58(53-66)74-64(62)73-54-55(56(67)50-47-44-41-38-35-21-18-15-12-9-6-3)65-63(72)57(68)51-48-45-42-39-36-33-25-23-20-17-14-11-8-5-2/h8,11,14,17,20,23,47,50,55-58,60-62,64,66-68,70-71H,4-7,9-10,12-13,15-16,18-19,21-22,24-46,48-49,51-54H2,1-3H3,(H,65,72)/b11-8+,17-14+,23-20+,50-47+. The van der Waals surface area contributed by atoms with Gasteiger partial charge in [-0.1, -0.05) is 281 Å². The van der Waals surface area contributed by atoms with Crippen LogP contribution in [0.15, 0.2) is 48.6 Å². The lowest BCUT2D eigenvalue weighted by atomic mass is 9.99. The maximum atomic E-state index is 13.4. The molecule has 8 atom stereocenters. The second-order valence-electron chi connectivity index (χ2n) is 21.8. The van der Waals surface area contributed by atoms with E-state index in [9.17, 15) is 35.1 Å². The van der Waals surface area contributed by atoms with Crippen LogP contribution in [0.1, 0.15) is 284 Å². The van der Waals surface area contributed by atoms with Gasteiger partial charge in [0.1, 0.15) is 24.4 Å². The third-order valence-corrected chi connectivity index (χ3v) is 14.8. The lowest BCUT2D eigenvalue weighted by Gasteiger charge is -2.41. The van der Waals surface area contributed by atoms with Crippen LogP contribution in [0.4, 0.5) is 0 Å². The minimum Gasteiger partial charge on any atom is -0.454 e. The van der Waals surface area contributed by atoms with Crippen molar-refractivity contribution in [1.29, 1.82) is 0 Å². The van der Waals surface area contributed by atoms with Crippen LogP contribution in [0.5, 0.6) is 0 Å². The summed E-state index contributed by atoms with van der Waals surface area (Å²) >= 11 is 0. The molecule has 1 fully saturated rings. The van der Waals surface area contributed by atoms with E-state index in [4.69, 9.17) is 14.2 Å². The number of ether oxygens (including phenoxy) is 3. The predicted octanol–water partition coefficient (Wildman–Crippen LogP) is 14.8. The van der Waals surface area contributed by atoms with Crippen molar-refractivity contribution in [3.05, 3.63) is 48.6 Å². The van der Waals surface area contributed by atoms with Crippen LogP contribution in [0.3, 0.4) is 0 Å². The number of esters is 1. The van der Waals surface area contributed by atoms with E-state index < -0.39 is 67.4 Å². The van der Waals surface area contributed by atoms with Crippen LogP contribution >= 0.6 is 0 Å². The summed E-state index contributed by atoms with van der Waals surface area (Å²) in [7, 11) is 0. The lowest BCUT2D eigenvalue weighted by Crippen LogP contribution is -2.61. The molecule has 8 unspecified atom stereocenters. The molecule has 0 aromatic carbocycles. The molecular weight excluding hydrogens is 943 g/mol. The zero-order chi connectivity index (χ0) is 54.7.